The van der Waals surface area contributed by atoms with Gasteiger partial charge in [-0.25, -0.2) is 19.2 Å². The summed E-state index contributed by atoms with van der Waals surface area (Å²) in [5.74, 6) is -3.18. The molecule has 0 spiro atoms. The SMILES string of the molecule is C=C(CC)C(=O)O.C=CC(=O)O.C=CC(=O)O.C=CC(=O)OCCCCCC. The number of carbonyl (C=O) groups excluding carboxylic acids is 1. The maximum Gasteiger partial charge on any atom is 0.330 e. The summed E-state index contributed by atoms with van der Waals surface area (Å²) in [5.41, 5.74) is 0.264. The Kier molecular flexibility index (Phi) is 30.3. The summed E-state index contributed by atoms with van der Waals surface area (Å²) in [7, 11) is 0. The first-order valence-electron chi connectivity index (χ1n) is 8.44. The van der Waals surface area contributed by atoms with E-state index in [0.717, 1.165) is 25.0 Å². The van der Waals surface area contributed by atoms with Crippen LogP contribution in [0.4, 0.5) is 0 Å². The van der Waals surface area contributed by atoms with Crippen LogP contribution in [-0.4, -0.2) is 45.8 Å². The molecule has 0 radical (unpaired) electrons. The van der Waals surface area contributed by atoms with E-state index < -0.39 is 17.9 Å². The van der Waals surface area contributed by atoms with E-state index in [1.165, 1.54) is 18.9 Å². The molecular formula is C20H32O8. The van der Waals surface area contributed by atoms with Gasteiger partial charge < -0.3 is 20.1 Å². The molecule has 0 saturated carbocycles. The minimum absolute atomic E-state index is 0.264. The van der Waals surface area contributed by atoms with Gasteiger partial charge in [0, 0.05) is 23.8 Å². The number of unbranched alkanes of at least 4 members (excludes halogenated alkanes) is 3. The largest absolute Gasteiger partial charge is 0.478 e. The van der Waals surface area contributed by atoms with Gasteiger partial charge in [-0.2, -0.15) is 0 Å². The van der Waals surface area contributed by atoms with Gasteiger partial charge in [0.05, 0.1) is 6.61 Å². The van der Waals surface area contributed by atoms with Gasteiger partial charge in [0.2, 0.25) is 0 Å². The van der Waals surface area contributed by atoms with Crippen molar-refractivity contribution in [3.8, 4) is 0 Å². The number of hydrogen-bond donors (Lipinski definition) is 3. The van der Waals surface area contributed by atoms with E-state index in [1.807, 2.05) is 0 Å². The molecule has 0 atom stereocenters. The average Bonchev–Trinajstić information content (AvgIpc) is 2.68. The molecule has 0 bridgehead atoms. The topological polar surface area (TPSA) is 138 Å². The first-order valence-corrected chi connectivity index (χ1v) is 8.44. The Bertz CT molecular complexity index is 488. The maximum absolute atomic E-state index is 10.5. The monoisotopic (exact) mass is 400 g/mol. The van der Waals surface area contributed by atoms with Crippen LogP contribution in [0, 0.1) is 0 Å². The molecule has 0 heterocycles. The number of ether oxygens (including phenoxy) is 1. The summed E-state index contributed by atoms with van der Waals surface area (Å²) in [4.78, 5) is 38.8. The Hall–Kier alpha value is -3.16. The summed E-state index contributed by atoms with van der Waals surface area (Å²) < 4.78 is 4.78. The summed E-state index contributed by atoms with van der Waals surface area (Å²) in [6.07, 6.45) is 7.91. The average molecular weight is 400 g/mol. The molecule has 3 N–H and O–H groups in total. The Balaban J connectivity index is -0.000000147. The maximum atomic E-state index is 10.5. The summed E-state index contributed by atoms with van der Waals surface area (Å²) in [6.45, 7) is 16.9. The number of carboxylic acids is 3. The second-order valence-electron chi connectivity index (χ2n) is 4.78. The van der Waals surface area contributed by atoms with Crippen molar-refractivity contribution in [1.82, 2.24) is 0 Å². The fraction of sp³-hybridized carbons (Fsp3) is 0.400. The smallest absolute Gasteiger partial charge is 0.330 e. The highest BCUT2D eigenvalue weighted by Gasteiger charge is 1.96. The van der Waals surface area contributed by atoms with E-state index in [2.05, 4.69) is 33.2 Å². The minimum Gasteiger partial charge on any atom is -0.478 e. The van der Waals surface area contributed by atoms with Crippen LogP contribution in [-0.2, 0) is 23.9 Å². The lowest BCUT2D eigenvalue weighted by atomic mass is 10.2. The normalized spacial score (nSPS) is 7.93. The fourth-order valence-electron chi connectivity index (χ4n) is 0.912. The molecule has 0 aromatic heterocycles. The molecule has 28 heavy (non-hydrogen) atoms. The van der Waals surface area contributed by atoms with Gasteiger partial charge in [-0.1, -0.05) is 59.4 Å². The van der Waals surface area contributed by atoms with Crippen LogP contribution < -0.4 is 0 Å². The third kappa shape index (κ3) is 43.4. The molecule has 0 amide bonds. The van der Waals surface area contributed by atoms with Gasteiger partial charge in [-0.15, -0.1) is 0 Å². The lowest BCUT2D eigenvalue weighted by Gasteiger charge is -1.99. The Morgan fingerprint density at radius 1 is 0.821 bits per heavy atom. The molecule has 0 aliphatic rings. The van der Waals surface area contributed by atoms with Crippen molar-refractivity contribution in [3.63, 3.8) is 0 Å². The van der Waals surface area contributed by atoms with Crippen LogP contribution in [0.3, 0.4) is 0 Å². The number of carbonyl (C=O) groups is 4. The number of rotatable bonds is 10. The van der Waals surface area contributed by atoms with E-state index in [0.29, 0.717) is 13.0 Å². The van der Waals surface area contributed by atoms with E-state index in [1.54, 1.807) is 6.92 Å². The van der Waals surface area contributed by atoms with Crippen LogP contribution >= 0.6 is 0 Å². The Labute approximate surface area is 166 Å². The molecule has 8 heteroatoms. The van der Waals surface area contributed by atoms with Gasteiger partial charge in [-0.05, 0) is 12.8 Å². The highest BCUT2D eigenvalue weighted by Crippen LogP contribution is 1.98. The van der Waals surface area contributed by atoms with Crippen molar-refractivity contribution in [2.24, 2.45) is 0 Å². The predicted octanol–water partition coefficient (Wildman–Crippen LogP) is 3.85. The molecule has 0 aliphatic carbocycles. The molecule has 160 valence electrons. The highest BCUT2D eigenvalue weighted by atomic mass is 16.5. The van der Waals surface area contributed by atoms with Crippen molar-refractivity contribution in [3.05, 3.63) is 50.1 Å². The third-order valence-corrected chi connectivity index (χ3v) is 2.49. The van der Waals surface area contributed by atoms with Gasteiger partial charge in [0.15, 0.2) is 0 Å². The first-order chi connectivity index (χ1) is 13.0. The van der Waals surface area contributed by atoms with Crippen molar-refractivity contribution in [2.75, 3.05) is 6.61 Å². The summed E-state index contributed by atoms with van der Waals surface area (Å²) in [5, 5.41) is 23.3. The molecule has 0 aromatic carbocycles. The van der Waals surface area contributed by atoms with Gasteiger partial charge in [0.25, 0.3) is 0 Å². The van der Waals surface area contributed by atoms with E-state index in [9.17, 15) is 19.2 Å². The van der Waals surface area contributed by atoms with Crippen LogP contribution in [0.5, 0.6) is 0 Å². The Morgan fingerprint density at radius 2 is 1.25 bits per heavy atom. The number of esters is 1. The molecule has 0 unspecified atom stereocenters. The quantitative estimate of drug-likeness (QED) is 0.285. The highest BCUT2D eigenvalue weighted by molar-refractivity contribution is 5.85. The lowest BCUT2D eigenvalue weighted by molar-refractivity contribution is -0.138. The lowest BCUT2D eigenvalue weighted by Crippen LogP contribution is -2.01. The van der Waals surface area contributed by atoms with Crippen molar-refractivity contribution in [2.45, 2.75) is 46.0 Å². The number of aliphatic carboxylic acids is 3. The molecule has 8 nitrogen and oxygen atoms in total. The minimum atomic E-state index is -0.981. The van der Waals surface area contributed by atoms with Crippen LogP contribution in [0.1, 0.15) is 46.0 Å². The number of carboxylic acid groups (broad SMARTS) is 3. The predicted molar refractivity (Wildman–Crippen MR) is 108 cm³/mol. The van der Waals surface area contributed by atoms with Crippen molar-refractivity contribution >= 4 is 23.9 Å². The molecule has 0 aliphatic heterocycles. The van der Waals surface area contributed by atoms with Gasteiger partial charge >= 0.3 is 23.9 Å². The zero-order valence-electron chi connectivity index (χ0n) is 16.7. The van der Waals surface area contributed by atoms with E-state index in [-0.39, 0.29) is 11.5 Å². The fourth-order valence-corrected chi connectivity index (χ4v) is 0.912. The van der Waals surface area contributed by atoms with Crippen LogP contribution in [0.15, 0.2) is 50.1 Å². The summed E-state index contributed by atoms with van der Waals surface area (Å²) >= 11 is 0. The second kappa shape index (κ2) is 26.1. The van der Waals surface area contributed by atoms with Crippen LogP contribution in [0.2, 0.25) is 0 Å². The molecule has 0 fully saturated rings. The molecule has 0 aromatic rings. The zero-order chi connectivity index (χ0) is 23.0. The van der Waals surface area contributed by atoms with Crippen molar-refractivity contribution in [1.29, 1.82) is 0 Å². The third-order valence-electron chi connectivity index (χ3n) is 2.49. The first kappa shape index (κ1) is 32.5. The Morgan fingerprint density at radius 3 is 1.46 bits per heavy atom. The number of hydrogen-bond acceptors (Lipinski definition) is 5. The van der Waals surface area contributed by atoms with E-state index >= 15 is 0 Å². The standard InChI is InChI=1S/C9H16O2.C5H8O2.2C3H4O2/c1-3-5-6-7-8-11-9(10)4-2;1-3-4(2)5(6)7;2*1-2-3(4)5/h4H,2-3,5-8H2,1H3;2-3H2,1H3,(H,6,7);2*2H,1H2,(H,4,5). The van der Waals surface area contributed by atoms with Gasteiger partial charge in [-0.3, -0.25) is 0 Å². The summed E-state index contributed by atoms with van der Waals surface area (Å²) in [6, 6.07) is 0. The molecular weight excluding hydrogens is 368 g/mol. The van der Waals surface area contributed by atoms with Crippen LogP contribution in [0.25, 0.3) is 0 Å². The van der Waals surface area contributed by atoms with Gasteiger partial charge in [0.1, 0.15) is 0 Å². The molecule has 0 rings (SSSR count). The molecule has 0 saturated heterocycles. The zero-order valence-corrected chi connectivity index (χ0v) is 16.7. The van der Waals surface area contributed by atoms with E-state index in [4.69, 9.17) is 20.1 Å². The second-order valence-corrected chi connectivity index (χ2v) is 4.78. The van der Waals surface area contributed by atoms with Crippen molar-refractivity contribution < 1.29 is 39.2 Å².